The summed E-state index contributed by atoms with van der Waals surface area (Å²) < 4.78 is 5.92. The first-order valence-electron chi connectivity index (χ1n) is 7.14. The van der Waals surface area contributed by atoms with Gasteiger partial charge in [-0.25, -0.2) is 0 Å². The molecule has 0 saturated carbocycles. The summed E-state index contributed by atoms with van der Waals surface area (Å²) in [5, 5.41) is 5.55. The standard InChI is InChI=1S/C18H13IN2O3/c19-15-8-2-1-7-14(15)17(22)20-12-5-3-6-13(11-12)21-18(23)16-9-4-10-24-16/h1-11H,(H,20,22)(H,21,23). The topological polar surface area (TPSA) is 71.3 Å². The molecule has 1 heterocycles. The van der Waals surface area contributed by atoms with Crippen LogP contribution in [-0.4, -0.2) is 11.8 Å². The van der Waals surface area contributed by atoms with E-state index in [1.807, 2.05) is 18.2 Å². The molecule has 0 bridgehead atoms. The van der Waals surface area contributed by atoms with E-state index in [4.69, 9.17) is 4.42 Å². The molecule has 24 heavy (non-hydrogen) atoms. The van der Waals surface area contributed by atoms with Crippen LogP contribution in [0.4, 0.5) is 11.4 Å². The van der Waals surface area contributed by atoms with E-state index in [2.05, 4.69) is 33.2 Å². The summed E-state index contributed by atoms with van der Waals surface area (Å²) in [6.07, 6.45) is 1.44. The largest absolute Gasteiger partial charge is 0.459 e. The van der Waals surface area contributed by atoms with Crippen molar-refractivity contribution >= 4 is 45.8 Å². The smallest absolute Gasteiger partial charge is 0.291 e. The molecule has 0 atom stereocenters. The molecule has 0 radical (unpaired) electrons. The van der Waals surface area contributed by atoms with Crippen LogP contribution in [-0.2, 0) is 0 Å². The Morgan fingerprint density at radius 3 is 2.21 bits per heavy atom. The second-order valence-corrected chi connectivity index (χ2v) is 6.11. The molecule has 0 unspecified atom stereocenters. The first kappa shape index (κ1) is 16.3. The highest BCUT2D eigenvalue weighted by atomic mass is 127. The van der Waals surface area contributed by atoms with Gasteiger partial charge in [0.15, 0.2) is 5.76 Å². The fourth-order valence-corrected chi connectivity index (χ4v) is 2.75. The zero-order valence-electron chi connectivity index (χ0n) is 12.5. The summed E-state index contributed by atoms with van der Waals surface area (Å²) in [6.45, 7) is 0. The molecule has 0 spiro atoms. The summed E-state index contributed by atoms with van der Waals surface area (Å²) in [6, 6.07) is 17.5. The molecule has 3 aromatic rings. The highest BCUT2D eigenvalue weighted by molar-refractivity contribution is 14.1. The Balaban J connectivity index is 1.72. The third-order valence-corrected chi connectivity index (χ3v) is 4.18. The Morgan fingerprint density at radius 1 is 0.833 bits per heavy atom. The van der Waals surface area contributed by atoms with Gasteiger partial charge in [-0.2, -0.15) is 0 Å². The minimum absolute atomic E-state index is 0.200. The molecule has 0 aliphatic rings. The maximum absolute atomic E-state index is 12.3. The van der Waals surface area contributed by atoms with E-state index in [0.29, 0.717) is 16.9 Å². The molecular weight excluding hydrogens is 419 g/mol. The molecule has 2 aromatic carbocycles. The van der Waals surface area contributed by atoms with Crippen LogP contribution in [0, 0.1) is 3.57 Å². The maximum atomic E-state index is 12.3. The van der Waals surface area contributed by atoms with Crippen molar-refractivity contribution in [1.82, 2.24) is 0 Å². The molecule has 0 saturated heterocycles. The van der Waals surface area contributed by atoms with E-state index in [0.717, 1.165) is 3.57 Å². The first-order valence-corrected chi connectivity index (χ1v) is 8.22. The van der Waals surface area contributed by atoms with Gasteiger partial charge in [-0.1, -0.05) is 18.2 Å². The summed E-state index contributed by atoms with van der Waals surface area (Å²) >= 11 is 2.12. The summed E-state index contributed by atoms with van der Waals surface area (Å²) in [7, 11) is 0. The highest BCUT2D eigenvalue weighted by Gasteiger charge is 2.11. The number of amides is 2. The van der Waals surface area contributed by atoms with Gasteiger partial charge in [0, 0.05) is 14.9 Å². The van der Waals surface area contributed by atoms with Crippen LogP contribution in [0.15, 0.2) is 71.3 Å². The Hall–Kier alpha value is -2.61. The summed E-state index contributed by atoms with van der Waals surface area (Å²) in [4.78, 5) is 24.3. The Labute approximate surface area is 152 Å². The van der Waals surface area contributed by atoms with Crippen LogP contribution in [0.5, 0.6) is 0 Å². The van der Waals surface area contributed by atoms with Crippen molar-refractivity contribution in [3.05, 3.63) is 81.8 Å². The van der Waals surface area contributed by atoms with Crippen LogP contribution in [0.25, 0.3) is 0 Å². The minimum Gasteiger partial charge on any atom is -0.459 e. The lowest BCUT2D eigenvalue weighted by atomic mass is 10.2. The molecule has 120 valence electrons. The number of anilines is 2. The Kier molecular flexibility index (Phi) is 4.95. The highest BCUT2D eigenvalue weighted by Crippen LogP contribution is 2.18. The molecule has 1 aromatic heterocycles. The van der Waals surface area contributed by atoms with Crippen molar-refractivity contribution in [1.29, 1.82) is 0 Å². The molecule has 2 N–H and O–H groups in total. The number of carbonyl (C=O) groups excluding carboxylic acids is 2. The number of nitrogens with one attached hydrogen (secondary N) is 2. The SMILES string of the molecule is O=C(Nc1cccc(NC(=O)c2ccccc2I)c1)c1ccco1. The van der Waals surface area contributed by atoms with Crippen LogP contribution >= 0.6 is 22.6 Å². The third kappa shape index (κ3) is 3.83. The number of furan rings is 1. The van der Waals surface area contributed by atoms with Gasteiger partial charge in [-0.05, 0) is 65.1 Å². The number of carbonyl (C=O) groups is 2. The fourth-order valence-electron chi connectivity index (χ4n) is 2.12. The lowest BCUT2D eigenvalue weighted by Crippen LogP contribution is -2.14. The first-order chi connectivity index (χ1) is 11.6. The molecule has 0 aliphatic heterocycles. The molecule has 0 fully saturated rings. The normalized spacial score (nSPS) is 10.2. The van der Waals surface area contributed by atoms with Gasteiger partial charge in [-0.3, -0.25) is 9.59 Å². The van der Waals surface area contributed by atoms with Crippen molar-refractivity contribution in [2.75, 3.05) is 10.6 Å². The van der Waals surface area contributed by atoms with Crippen molar-refractivity contribution in [2.45, 2.75) is 0 Å². The molecule has 5 nitrogen and oxygen atoms in total. The fraction of sp³-hybridized carbons (Fsp3) is 0. The van der Waals surface area contributed by atoms with E-state index in [1.54, 1.807) is 42.5 Å². The van der Waals surface area contributed by atoms with E-state index < -0.39 is 0 Å². The van der Waals surface area contributed by atoms with Gasteiger partial charge in [0.25, 0.3) is 11.8 Å². The summed E-state index contributed by atoms with van der Waals surface area (Å²) in [5.41, 5.74) is 1.76. The van der Waals surface area contributed by atoms with Gasteiger partial charge in [-0.15, -0.1) is 0 Å². The van der Waals surface area contributed by atoms with Crippen molar-refractivity contribution in [3.8, 4) is 0 Å². The Morgan fingerprint density at radius 2 is 1.54 bits per heavy atom. The minimum atomic E-state index is -0.346. The number of halogens is 1. The van der Waals surface area contributed by atoms with E-state index in [9.17, 15) is 9.59 Å². The van der Waals surface area contributed by atoms with E-state index in [1.165, 1.54) is 6.26 Å². The quantitative estimate of drug-likeness (QED) is 0.601. The predicted molar refractivity (Wildman–Crippen MR) is 100 cm³/mol. The van der Waals surface area contributed by atoms with Gasteiger partial charge in [0.05, 0.1) is 11.8 Å². The molecule has 6 heteroatoms. The van der Waals surface area contributed by atoms with Crippen LogP contribution in [0.2, 0.25) is 0 Å². The van der Waals surface area contributed by atoms with E-state index in [-0.39, 0.29) is 17.6 Å². The zero-order chi connectivity index (χ0) is 16.9. The van der Waals surface area contributed by atoms with Gasteiger partial charge < -0.3 is 15.1 Å². The van der Waals surface area contributed by atoms with Crippen LogP contribution < -0.4 is 10.6 Å². The monoisotopic (exact) mass is 432 g/mol. The van der Waals surface area contributed by atoms with Crippen molar-refractivity contribution in [3.63, 3.8) is 0 Å². The second-order valence-electron chi connectivity index (χ2n) is 4.95. The number of hydrogen-bond acceptors (Lipinski definition) is 3. The number of rotatable bonds is 4. The molecule has 2 amide bonds. The second kappa shape index (κ2) is 7.31. The van der Waals surface area contributed by atoms with Crippen LogP contribution in [0.3, 0.4) is 0 Å². The van der Waals surface area contributed by atoms with Crippen molar-refractivity contribution in [2.24, 2.45) is 0 Å². The maximum Gasteiger partial charge on any atom is 0.291 e. The average Bonchev–Trinajstić information content (AvgIpc) is 3.10. The van der Waals surface area contributed by atoms with Crippen molar-refractivity contribution < 1.29 is 14.0 Å². The zero-order valence-corrected chi connectivity index (χ0v) is 14.6. The van der Waals surface area contributed by atoms with Gasteiger partial charge >= 0.3 is 0 Å². The van der Waals surface area contributed by atoms with Gasteiger partial charge in [0.2, 0.25) is 0 Å². The Bertz CT molecular complexity index is 875. The molecular formula is C18H13IN2O3. The third-order valence-electron chi connectivity index (χ3n) is 3.24. The lowest BCUT2D eigenvalue weighted by Gasteiger charge is -2.09. The summed E-state index contributed by atoms with van der Waals surface area (Å²) in [5.74, 6) is -0.320. The number of benzene rings is 2. The van der Waals surface area contributed by atoms with Crippen LogP contribution in [0.1, 0.15) is 20.9 Å². The molecule has 0 aliphatic carbocycles. The average molecular weight is 432 g/mol. The number of hydrogen-bond donors (Lipinski definition) is 2. The van der Waals surface area contributed by atoms with E-state index >= 15 is 0 Å². The predicted octanol–water partition coefficient (Wildman–Crippen LogP) is 4.39. The lowest BCUT2D eigenvalue weighted by molar-refractivity contribution is 0.0995. The molecule has 3 rings (SSSR count). The van der Waals surface area contributed by atoms with Gasteiger partial charge in [0.1, 0.15) is 0 Å².